The number of likely N-dealkylation sites (tertiary alicyclic amines) is 1. The molecule has 0 unspecified atom stereocenters. The predicted octanol–water partition coefficient (Wildman–Crippen LogP) is 1.80. The fourth-order valence-corrected chi connectivity index (χ4v) is 3.80. The van der Waals surface area contributed by atoms with Crippen LogP contribution >= 0.6 is 0 Å². The quantitative estimate of drug-likeness (QED) is 0.883. The van der Waals surface area contributed by atoms with Crippen molar-refractivity contribution in [3.8, 4) is 0 Å². The number of nitrogens with zero attached hydrogens (tertiary/aromatic N) is 3. The Morgan fingerprint density at radius 2 is 2.33 bits per heavy atom. The van der Waals surface area contributed by atoms with Crippen LogP contribution in [0.5, 0.6) is 0 Å². The maximum Gasteiger partial charge on any atom is 0.322 e. The Kier molecular flexibility index (Phi) is 3.63. The third-order valence-corrected chi connectivity index (χ3v) is 5.06. The van der Waals surface area contributed by atoms with Gasteiger partial charge in [-0.2, -0.15) is 5.10 Å². The van der Waals surface area contributed by atoms with E-state index in [2.05, 4.69) is 15.7 Å². The molecule has 0 bridgehead atoms. The minimum atomic E-state index is -0.136. The van der Waals surface area contributed by atoms with Crippen molar-refractivity contribution in [2.24, 2.45) is 5.92 Å². The molecule has 7 nitrogen and oxygen atoms in total. The second-order valence-corrected chi connectivity index (χ2v) is 6.42. The summed E-state index contributed by atoms with van der Waals surface area (Å²) in [6.07, 6.45) is 3.56. The number of hydrogen-bond donors (Lipinski definition) is 2. The Hall–Kier alpha value is -2.57. The van der Waals surface area contributed by atoms with Gasteiger partial charge in [-0.05, 0) is 38.0 Å². The topological polar surface area (TPSA) is 79.3 Å². The number of hydrogen-bond acceptors (Lipinski definition) is 3. The number of amides is 3. The summed E-state index contributed by atoms with van der Waals surface area (Å²) in [6, 6.07) is 5.63. The summed E-state index contributed by atoms with van der Waals surface area (Å²) in [7, 11) is 0. The number of piperidine rings is 1. The van der Waals surface area contributed by atoms with Gasteiger partial charge < -0.3 is 15.5 Å². The van der Waals surface area contributed by atoms with E-state index >= 15 is 0 Å². The van der Waals surface area contributed by atoms with Crippen molar-refractivity contribution >= 4 is 28.5 Å². The standard InChI is InChI=1S/C17H21N5O2/c1-2-22-14-8-12(6-5-11(14)9-19-22)20-17(24)21-7-3-4-13-15(21)10-18-16(13)23/h5-6,8-9,13,15H,2-4,7,10H2,1H3,(H,18,23)(H,20,24)/t13-,15-/m1/s1. The van der Waals surface area contributed by atoms with Crippen molar-refractivity contribution in [2.45, 2.75) is 32.4 Å². The molecule has 2 aliphatic heterocycles. The highest BCUT2D eigenvalue weighted by Gasteiger charge is 2.42. The SMILES string of the molecule is CCn1ncc2ccc(NC(=O)N3CCC[C@H]4C(=O)NC[C@H]43)cc21. The second kappa shape index (κ2) is 5.81. The molecule has 126 valence electrons. The molecule has 2 atom stereocenters. The van der Waals surface area contributed by atoms with E-state index in [4.69, 9.17) is 0 Å². The van der Waals surface area contributed by atoms with Crippen molar-refractivity contribution < 1.29 is 9.59 Å². The molecule has 2 aliphatic rings. The van der Waals surface area contributed by atoms with Crippen LogP contribution in [0, 0.1) is 5.92 Å². The van der Waals surface area contributed by atoms with Crippen LogP contribution < -0.4 is 10.6 Å². The molecule has 0 aliphatic carbocycles. The monoisotopic (exact) mass is 327 g/mol. The van der Waals surface area contributed by atoms with Gasteiger partial charge in [0.25, 0.3) is 0 Å². The number of aromatic nitrogens is 2. The normalized spacial score (nSPS) is 23.2. The van der Waals surface area contributed by atoms with Gasteiger partial charge in [0.05, 0.1) is 23.7 Å². The van der Waals surface area contributed by atoms with Gasteiger partial charge in [0.2, 0.25) is 5.91 Å². The van der Waals surface area contributed by atoms with Gasteiger partial charge in [-0.3, -0.25) is 9.48 Å². The number of rotatable bonds is 2. The highest BCUT2D eigenvalue weighted by atomic mass is 16.2. The molecule has 7 heteroatoms. The zero-order valence-corrected chi connectivity index (χ0v) is 13.7. The van der Waals surface area contributed by atoms with Gasteiger partial charge in [-0.1, -0.05) is 0 Å². The van der Waals surface area contributed by atoms with Crippen LogP contribution in [-0.2, 0) is 11.3 Å². The molecule has 2 fully saturated rings. The van der Waals surface area contributed by atoms with E-state index in [0.717, 1.165) is 36.0 Å². The Balaban J connectivity index is 1.54. The Morgan fingerprint density at radius 1 is 1.46 bits per heavy atom. The third-order valence-electron chi connectivity index (χ3n) is 5.06. The van der Waals surface area contributed by atoms with Crippen molar-refractivity contribution in [1.82, 2.24) is 20.0 Å². The molecule has 0 spiro atoms. The number of aryl methyl sites for hydroxylation is 1. The van der Waals surface area contributed by atoms with Crippen LogP contribution in [0.1, 0.15) is 19.8 Å². The Labute approximate surface area is 140 Å². The van der Waals surface area contributed by atoms with E-state index in [1.807, 2.05) is 36.0 Å². The van der Waals surface area contributed by atoms with Gasteiger partial charge in [0, 0.05) is 30.7 Å². The molecule has 3 amide bonds. The number of benzene rings is 1. The van der Waals surface area contributed by atoms with E-state index in [1.165, 1.54) is 0 Å². The van der Waals surface area contributed by atoms with Gasteiger partial charge in [0.15, 0.2) is 0 Å². The molecular weight excluding hydrogens is 306 g/mol. The molecule has 2 saturated heterocycles. The summed E-state index contributed by atoms with van der Waals surface area (Å²) in [6.45, 7) is 4.07. The van der Waals surface area contributed by atoms with Gasteiger partial charge in [-0.15, -0.1) is 0 Å². The summed E-state index contributed by atoms with van der Waals surface area (Å²) in [5.74, 6) is 0.0132. The summed E-state index contributed by atoms with van der Waals surface area (Å²) in [5.41, 5.74) is 1.76. The smallest absolute Gasteiger partial charge is 0.322 e. The maximum absolute atomic E-state index is 12.7. The minimum absolute atomic E-state index is 0.0313. The number of anilines is 1. The highest BCUT2D eigenvalue weighted by Crippen LogP contribution is 2.28. The Bertz CT molecular complexity index is 799. The third kappa shape index (κ3) is 2.40. The summed E-state index contributed by atoms with van der Waals surface area (Å²) in [4.78, 5) is 26.3. The zero-order valence-electron chi connectivity index (χ0n) is 13.7. The van der Waals surface area contributed by atoms with E-state index < -0.39 is 0 Å². The second-order valence-electron chi connectivity index (χ2n) is 6.42. The number of carbonyl (C=O) groups is 2. The van der Waals surface area contributed by atoms with Crippen LogP contribution in [-0.4, -0.2) is 45.8 Å². The summed E-state index contributed by atoms with van der Waals surface area (Å²) < 4.78 is 1.90. The fourth-order valence-electron chi connectivity index (χ4n) is 3.80. The van der Waals surface area contributed by atoms with Crippen molar-refractivity contribution in [3.63, 3.8) is 0 Å². The number of nitrogens with one attached hydrogen (secondary N) is 2. The first-order valence-electron chi connectivity index (χ1n) is 8.48. The first-order valence-corrected chi connectivity index (χ1v) is 8.48. The average molecular weight is 327 g/mol. The number of fused-ring (bicyclic) bond motifs is 2. The molecule has 0 saturated carbocycles. The van der Waals surface area contributed by atoms with Crippen molar-refractivity contribution in [2.75, 3.05) is 18.4 Å². The highest BCUT2D eigenvalue weighted by molar-refractivity contribution is 5.93. The number of carbonyl (C=O) groups excluding carboxylic acids is 2. The van der Waals surface area contributed by atoms with Crippen LogP contribution in [0.4, 0.5) is 10.5 Å². The molecule has 2 N–H and O–H groups in total. The maximum atomic E-state index is 12.7. The van der Waals surface area contributed by atoms with Crippen LogP contribution in [0.15, 0.2) is 24.4 Å². The molecule has 4 rings (SSSR count). The van der Waals surface area contributed by atoms with Gasteiger partial charge >= 0.3 is 6.03 Å². The lowest BCUT2D eigenvalue weighted by Gasteiger charge is -2.35. The predicted molar refractivity (Wildman–Crippen MR) is 90.7 cm³/mol. The average Bonchev–Trinajstić information content (AvgIpc) is 3.18. The lowest BCUT2D eigenvalue weighted by atomic mass is 9.92. The first kappa shape index (κ1) is 15.0. The van der Waals surface area contributed by atoms with Crippen LogP contribution in [0.25, 0.3) is 10.9 Å². The largest absolute Gasteiger partial charge is 0.354 e. The summed E-state index contributed by atoms with van der Waals surface area (Å²) >= 11 is 0. The van der Waals surface area contributed by atoms with Crippen molar-refractivity contribution in [1.29, 1.82) is 0 Å². The molecule has 2 aromatic rings. The lowest BCUT2D eigenvalue weighted by molar-refractivity contribution is -0.123. The van der Waals surface area contributed by atoms with Crippen LogP contribution in [0.3, 0.4) is 0 Å². The summed E-state index contributed by atoms with van der Waals surface area (Å²) in [5, 5.41) is 11.2. The number of urea groups is 1. The van der Waals surface area contributed by atoms with E-state index in [1.54, 1.807) is 4.90 Å². The molecule has 3 heterocycles. The molecule has 24 heavy (non-hydrogen) atoms. The molecule has 0 radical (unpaired) electrons. The van der Waals surface area contributed by atoms with Crippen LogP contribution in [0.2, 0.25) is 0 Å². The molecule has 1 aromatic heterocycles. The van der Waals surface area contributed by atoms with E-state index in [0.29, 0.717) is 13.1 Å². The minimum Gasteiger partial charge on any atom is -0.354 e. The molecule has 1 aromatic carbocycles. The fraction of sp³-hybridized carbons (Fsp3) is 0.471. The zero-order chi connectivity index (χ0) is 16.7. The van der Waals surface area contributed by atoms with E-state index in [-0.39, 0.29) is 23.9 Å². The first-order chi connectivity index (χ1) is 11.7. The molecular formula is C17H21N5O2. The van der Waals surface area contributed by atoms with Gasteiger partial charge in [0.1, 0.15) is 0 Å². The van der Waals surface area contributed by atoms with Crippen molar-refractivity contribution in [3.05, 3.63) is 24.4 Å². The Morgan fingerprint density at radius 3 is 3.17 bits per heavy atom. The van der Waals surface area contributed by atoms with Gasteiger partial charge in [-0.25, -0.2) is 4.79 Å². The lowest BCUT2D eigenvalue weighted by Crippen LogP contribution is -2.50. The van der Waals surface area contributed by atoms with E-state index in [9.17, 15) is 9.59 Å².